The summed E-state index contributed by atoms with van der Waals surface area (Å²) < 4.78 is 26.3. The van der Waals surface area contributed by atoms with Crippen molar-refractivity contribution in [3.05, 3.63) is 28.2 Å². The van der Waals surface area contributed by atoms with Crippen LogP contribution in [-0.2, 0) is 10.0 Å². The van der Waals surface area contributed by atoms with Gasteiger partial charge in [-0.15, -0.1) is 12.4 Å². The zero-order chi connectivity index (χ0) is 13.1. The maximum Gasteiger partial charge on any atom is 0.242 e. The maximum absolute atomic E-state index is 11.9. The Hall–Kier alpha value is -0.0400. The molecule has 1 aromatic carbocycles. The fourth-order valence-corrected chi connectivity index (χ4v) is 2.99. The Morgan fingerprint density at radius 3 is 2.50 bits per heavy atom. The SMILES string of the molecule is CNC(C)CNS(=O)(=O)c1cc(Cl)ccc1Cl.Cl. The lowest BCUT2D eigenvalue weighted by Crippen LogP contribution is -2.37. The largest absolute Gasteiger partial charge is 0.316 e. The van der Waals surface area contributed by atoms with Crippen LogP contribution in [0.15, 0.2) is 23.1 Å². The molecule has 1 aromatic rings. The normalized spacial score (nSPS) is 12.9. The molecule has 0 saturated heterocycles. The van der Waals surface area contributed by atoms with Gasteiger partial charge in [0.15, 0.2) is 0 Å². The fourth-order valence-electron chi connectivity index (χ4n) is 1.10. The van der Waals surface area contributed by atoms with Crippen molar-refractivity contribution in [3.8, 4) is 0 Å². The second-order valence-corrected chi connectivity index (χ2v) is 6.20. The molecule has 2 N–H and O–H groups in total. The van der Waals surface area contributed by atoms with Crippen LogP contribution in [0.4, 0.5) is 0 Å². The highest BCUT2D eigenvalue weighted by Crippen LogP contribution is 2.24. The first-order valence-electron chi connectivity index (χ1n) is 4.99. The topological polar surface area (TPSA) is 58.2 Å². The predicted molar refractivity (Wildman–Crippen MR) is 77.4 cm³/mol. The van der Waals surface area contributed by atoms with E-state index in [0.717, 1.165) is 0 Å². The van der Waals surface area contributed by atoms with E-state index in [4.69, 9.17) is 23.2 Å². The number of benzene rings is 1. The quantitative estimate of drug-likeness (QED) is 0.869. The minimum atomic E-state index is -3.62. The van der Waals surface area contributed by atoms with Gasteiger partial charge in [0.05, 0.1) is 5.02 Å². The first kappa shape index (κ1) is 18.0. The third-order valence-electron chi connectivity index (χ3n) is 2.26. The van der Waals surface area contributed by atoms with Crippen LogP contribution in [0.2, 0.25) is 10.0 Å². The molecule has 1 rings (SSSR count). The van der Waals surface area contributed by atoms with Crippen LogP contribution in [-0.4, -0.2) is 28.1 Å². The molecular weight excluding hydrogens is 319 g/mol. The van der Waals surface area contributed by atoms with E-state index in [2.05, 4.69) is 10.0 Å². The number of likely N-dealkylation sites (N-methyl/N-ethyl adjacent to an activating group) is 1. The smallest absolute Gasteiger partial charge is 0.242 e. The van der Waals surface area contributed by atoms with Crippen LogP contribution >= 0.6 is 35.6 Å². The second-order valence-electron chi connectivity index (χ2n) is 3.62. The highest BCUT2D eigenvalue weighted by atomic mass is 35.5. The Morgan fingerprint density at radius 1 is 1.33 bits per heavy atom. The molecule has 0 fully saturated rings. The van der Waals surface area contributed by atoms with E-state index < -0.39 is 10.0 Å². The van der Waals surface area contributed by atoms with Gasteiger partial charge in [-0.25, -0.2) is 13.1 Å². The Bertz CT molecular complexity index is 494. The van der Waals surface area contributed by atoms with Crippen LogP contribution in [0.5, 0.6) is 0 Å². The van der Waals surface area contributed by atoms with Gasteiger partial charge in [0.25, 0.3) is 0 Å². The molecule has 8 heteroatoms. The van der Waals surface area contributed by atoms with Crippen LogP contribution < -0.4 is 10.0 Å². The summed E-state index contributed by atoms with van der Waals surface area (Å²) in [5.74, 6) is 0. The van der Waals surface area contributed by atoms with Gasteiger partial charge in [0.1, 0.15) is 4.90 Å². The molecule has 0 saturated carbocycles. The van der Waals surface area contributed by atoms with Crippen LogP contribution in [0.25, 0.3) is 0 Å². The third-order valence-corrected chi connectivity index (χ3v) is 4.40. The van der Waals surface area contributed by atoms with Crippen molar-refractivity contribution in [2.75, 3.05) is 13.6 Å². The van der Waals surface area contributed by atoms with Crippen LogP contribution in [0, 0.1) is 0 Å². The second kappa shape index (κ2) is 7.53. The van der Waals surface area contributed by atoms with Crippen molar-refractivity contribution in [3.63, 3.8) is 0 Å². The monoisotopic (exact) mass is 332 g/mol. The molecule has 0 spiro atoms. The minimum absolute atomic E-state index is 0. The molecule has 1 unspecified atom stereocenters. The van der Waals surface area contributed by atoms with E-state index in [1.54, 1.807) is 13.1 Å². The lowest BCUT2D eigenvalue weighted by Gasteiger charge is -2.12. The van der Waals surface area contributed by atoms with Crippen molar-refractivity contribution in [2.24, 2.45) is 0 Å². The number of nitrogens with one attached hydrogen (secondary N) is 2. The number of rotatable bonds is 5. The van der Waals surface area contributed by atoms with E-state index in [1.165, 1.54) is 12.1 Å². The van der Waals surface area contributed by atoms with E-state index in [0.29, 0.717) is 5.02 Å². The Morgan fingerprint density at radius 2 is 1.94 bits per heavy atom. The van der Waals surface area contributed by atoms with Gasteiger partial charge < -0.3 is 5.32 Å². The van der Waals surface area contributed by atoms with Crippen LogP contribution in [0.1, 0.15) is 6.92 Å². The average molecular weight is 334 g/mol. The highest BCUT2D eigenvalue weighted by Gasteiger charge is 2.18. The molecule has 0 amide bonds. The molecule has 1 atom stereocenters. The lowest BCUT2D eigenvalue weighted by atomic mass is 10.4. The molecule has 0 aliphatic heterocycles. The number of hydrogen-bond acceptors (Lipinski definition) is 3. The van der Waals surface area contributed by atoms with Gasteiger partial charge in [-0.1, -0.05) is 23.2 Å². The van der Waals surface area contributed by atoms with Crippen LogP contribution in [0.3, 0.4) is 0 Å². The molecule has 0 aliphatic carbocycles. The maximum atomic E-state index is 11.9. The molecule has 4 nitrogen and oxygen atoms in total. The highest BCUT2D eigenvalue weighted by molar-refractivity contribution is 7.89. The summed E-state index contributed by atoms with van der Waals surface area (Å²) in [5, 5.41) is 3.41. The zero-order valence-corrected chi connectivity index (χ0v) is 13.1. The summed E-state index contributed by atoms with van der Waals surface area (Å²) in [7, 11) is -1.87. The summed E-state index contributed by atoms with van der Waals surface area (Å²) in [6, 6.07) is 4.36. The third kappa shape index (κ3) is 4.91. The molecule has 0 bridgehead atoms. The van der Waals surface area contributed by atoms with Crippen molar-refractivity contribution in [2.45, 2.75) is 17.9 Å². The summed E-state index contributed by atoms with van der Waals surface area (Å²) >= 11 is 11.6. The summed E-state index contributed by atoms with van der Waals surface area (Å²) in [6.07, 6.45) is 0. The van der Waals surface area contributed by atoms with Crippen molar-refractivity contribution in [1.29, 1.82) is 0 Å². The summed E-state index contributed by atoms with van der Waals surface area (Å²) in [4.78, 5) is -0.00466. The number of hydrogen-bond donors (Lipinski definition) is 2. The van der Waals surface area contributed by atoms with E-state index >= 15 is 0 Å². The van der Waals surface area contributed by atoms with E-state index in [-0.39, 0.29) is 34.9 Å². The molecule has 0 heterocycles. The Kier molecular flexibility index (Phi) is 7.51. The molecule has 104 valence electrons. The average Bonchev–Trinajstić information content (AvgIpc) is 2.29. The van der Waals surface area contributed by atoms with Gasteiger partial charge in [0, 0.05) is 17.6 Å². The van der Waals surface area contributed by atoms with E-state index in [1.807, 2.05) is 6.92 Å². The molecule has 0 aromatic heterocycles. The van der Waals surface area contributed by atoms with Gasteiger partial charge in [-0.3, -0.25) is 0 Å². The minimum Gasteiger partial charge on any atom is -0.316 e. The van der Waals surface area contributed by atoms with Gasteiger partial charge in [-0.05, 0) is 32.2 Å². The molecular formula is C10H15Cl3N2O2S. The standard InChI is InChI=1S/C10H14Cl2N2O2S.ClH/c1-7(13-2)6-14-17(15,16)10-5-8(11)3-4-9(10)12;/h3-5,7,13-14H,6H2,1-2H3;1H. The summed E-state index contributed by atoms with van der Waals surface area (Å²) in [6.45, 7) is 2.14. The molecule has 0 aliphatic rings. The van der Waals surface area contributed by atoms with Crippen molar-refractivity contribution < 1.29 is 8.42 Å². The lowest BCUT2D eigenvalue weighted by molar-refractivity contribution is 0.554. The summed E-state index contributed by atoms with van der Waals surface area (Å²) in [5.41, 5.74) is 0. The van der Waals surface area contributed by atoms with Gasteiger partial charge in [0.2, 0.25) is 10.0 Å². The van der Waals surface area contributed by atoms with E-state index in [9.17, 15) is 8.42 Å². The molecule has 18 heavy (non-hydrogen) atoms. The Balaban J connectivity index is 0.00000289. The van der Waals surface area contributed by atoms with Gasteiger partial charge >= 0.3 is 0 Å². The number of sulfonamides is 1. The zero-order valence-electron chi connectivity index (χ0n) is 9.91. The van der Waals surface area contributed by atoms with Crippen molar-refractivity contribution in [1.82, 2.24) is 10.0 Å². The first-order chi connectivity index (χ1) is 7.86. The molecule has 0 radical (unpaired) electrons. The van der Waals surface area contributed by atoms with Crippen molar-refractivity contribution >= 4 is 45.6 Å². The Labute approximate surface area is 124 Å². The first-order valence-corrected chi connectivity index (χ1v) is 7.22. The number of halogens is 3. The van der Waals surface area contributed by atoms with Gasteiger partial charge in [-0.2, -0.15) is 0 Å². The fraction of sp³-hybridized carbons (Fsp3) is 0.400. The predicted octanol–water partition coefficient (Wildman–Crippen LogP) is 2.30.